The molecule has 3 aliphatic rings. The first-order chi connectivity index (χ1) is 14.7. The molecule has 3 saturated heterocycles. The van der Waals surface area contributed by atoms with Gasteiger partial charge in [-0.25, -0.2) is 0 Å². The molecule has 0 saturated carbocycles. The number of hydrogen-bond acceptors (Lipinski definition) is 5. The minimum atomic E-state index is 0.218. The highest BCUT2D eigenvalue weighted by Crippen LogP contribution is 2.36. The van der Waals surface area contributed by atoms with Gasteiger partial charge in [-0.05, 0) is 89.4 Å². The number of nitrogens with zero attached hydrogens (tertiary/aromatic N) is 3. The third-order valence-electron chi connectivity index (χ3n) is 7.34. The summed E-state index contributed by atoms with van der Waals surface area (Å²) in [4.78, 5) is 7.71. The maximum Gasteiger partial charge on any atom is 0.119 e. The van der Waals surface area contributed by atoms with Crippen LogP contribution in [0.15, 0.2) is 24.3 Å². The van der Waals surface area contributed by atoms with E-state index in [0.717, 1.165) is 51.4 Å². The second kappa shape index (κ2) is 10.9. The number of likely N-dealkylation sites (N-methyl/N-ethyl adjacent to an activating group) is 1. The summed E-state index contributed by atoms with van der Waals surface area (Å²) in [6.45, 7) is 12.2. The number of rotatable bonds is 8. The molecule has 3 aliphatic heterocycles. The second-order valence-electron chi connectivity index (χ2n) is 9.60. The van der Waals surface area contributed by atoms with Crippen LogP contribution in [0.1, 0.15) is 44.1 Å². The first-order valence-electron chi connectivity index (χ1n) is 12.2. The highest BCUT2D eigenvalue weighted by molar-refractivity contribution is 5.33. The lowest BCUT2D eigenvalue weighted by atomic mass is 9.73. The minimum absolute atomic E-state index is 0.218. The van der Waals surface area contributed by atoms with E-state index in [0.29, 0.717) is 0 Å². The lowest BCUT2D eigenvalue weighted by molar-refractivity contribution is 0.0344. The molecule has 4 rings (SSSR count). The molecular weight excluding hydrogens is 374 g/mol. The quantitative estimate of drug-likeness (QED) is 0.608. The fraction of sp³-hybridized carbons (Fsp3) is 0.760. The van der Waals surface area contributed by atoms with Crippen LogP contribution in [0.25, 0.3) is 0 Å². The van der Waals surface area contributed by atoms with Gasteiger partial charge in [0.1, 0.15) is 5.75 Å². The van der Waals surface area contributed by atoms with Gasteiger partial charge >= 0.3 is 0 Å². The van der Waals surface area contributed by atoms with Gasteiger partial charge in [-0.2, -0.15) is 0 Å². The van der Waals surface area contributed by atoms with Gasteiger partial charge in [0.2, 0.25) is 0 Å². The SMILES string of the molecule is CN1CCCN(CC2(c3ccc(OCCCN4CCCC4)cc3)CCOCC2)CC1. The maximum absolute atomic E-state index is 6.05. The van der Waals surface area contributed by atoms with Crippen LogP contribution in [0.5, 0.6) is 5.75 Å². The van der Waals surface area contributed by atoms with Crippen LogP contribution in [0.4, 0.5) is 0 Å². The van der Waals surface area contributed by atoms with Crippen molar-refractivity contribution >= 4 is 0 Å². The molecule has 0 N–H and O–H groups in total. The average Bonchev–Trinajstić information content (AvgIpc) is 3.21. The molecule has 168 valence electrons. The van der Waals surface area contributed by atoms with Crippen LogP contribution in [-0.2, 0) is 10.2 Å². The van der Waals surface area contributed by atoms with Gasteiger partial charge < -0.3 is 24.2 Å². The first-order valence-corrected chi connectivity index (χ1v) is 12.2. The standard InChI is InChI=1S/C25H41N3O2/c1-26-12-4-15-28(18-17-26)22-25(10-20-29-21-11-25)23-6-8-24(9-7-23)30-19-5-16-27-13-2-3-14-27/h6-9H,2-5,10-22H2,1H3. The molecule has 0 radical (unpaired) electrons. The first kappa shape index (κ1) is 22.1. The topological polar surface area (TPSA) is 28.2 Å². The Morgan fingerprint density at radius 3 is 2.37 bits per heavy atom. The Kier molecular flexibility index (Phi) is 8.05. The predicted octanol–water partition coefficient (Wildman–Crippen LogP) is 3.24. The van der Waals surface area contributed by atoms with Crippen LogP contribution >= 0.6 is 0 Å². The van der Waals surface area contributed by atoms with E-state index in [-0.39, 0.29) is 5.41 Å². The van der Waals surface area contributed by atoms with Crippen molar-refractivity contribution in [2.45, 2.75) is 43.9 Å². The summed E-state index contributed by atoms with van der Waals surface area (Å²) in [5, 5.41) is 0. The molecule has 1 aromatic carbocycles. The van der Waals surface area contributed by atoms with Gasteiger partial charge in [-0.3, -0.25) is 0 Å². The van der Waals surface area contributed by atoms with Gasteiger partial charge in [0.15, 0.2) is 0 Å². The van der Waals surface area contributed by atoms with Crippen molar-refractivity contribution in [2.75, 3.05) is 79.2 Å². The van der Waals surface area contributed by atoms with E-state index in [2.05, 4.69) is 46.0 Å². The van der Waals surface area contributed by atoms with Crippen molar-refractivity contribution in [3.8, 4) is 5.75 Å². The van der Waals surface area contributed by atoms with Gasteiger partial charge in [0, 0.05) is 44.8 Å². The summed E-state index contributed by atoms with van der Waals surface area (Å²) in [6.07, 6.45) is 7.36. The summed E-state index contributed by atoms with van der Waals surface area (Å²) < 4.78 is 11.8. The molecule has 0 aromatic heterocycles. The van der Waals surface area contributed by atoms with E-state index >= 15 is 0 Å². The summed E-state index contributed by atoms with van der Waals surface area (Å²) >= 11 is 0. The van der Waals surface area contributed by atoms with Gasteiger partial charge in [0.25, 0.3) is 0 Å². The molecule has 1 aromatic rings. The van der Waals surface area contributed by atoms with Gasteiger partial charge in [-0.1, -0.05) is 12.1 Å². The van der Waals surface area contributed by atoms with Gasteiger partial charge in [-0.15, -0.1) is 0 Å². The molecular formula is C25H41N3O2. The summed E-state index contributed by atoms with van der Waals surface area (Å²) in [6, 6.07) is 9.04. The third kappa shape index (κ3) is 5.97. The molecule has 0 atom stereocenters. The Morgan fingerprint density at radius 2 is 1.60 bits per heavy atom. The maximum atomic E-state index is 6.05. The second-order valence-corrected chi connectivity index (χ2v) is 9.60. The van der Waals surface area contributed by atoms with E-state index in [9.17, 15) is 0 Å². The number of benzene rings is 1. The van der Waals surface area contributed by atoms with Crippen LogP contribution in [0.3, 0.4) is 0 Å². The summed E-state index contributed by atoms with van der Waals surface area (Å²) in [5.41, 5.74) is 1.68. The van der Waals surface area contributed by atoms with Crippen molar-refractivity contribution in [1.29, 1.82) is 0 Å². The van der Waals surface area contributed by atoms with E-state index in [1.54, 1.807) is 0 Å². The van der Waals surface area contributed by atoms with Crippen LogP contribution < -0.4 is 4.74 Å². The molecule has 5 heteroatoms. The lowest BCUT2D eigenvalue weighted by Crippen LogP contribution is -2.45. The van der Waals surface area contributed by atoms with E-state index in [4.69, 9.17) is 9.47 Å². The number of hydrogen-bond donors (Lipinski definition) is 0. The Labute approximate surface area is 183 Å². The van der Waals surface area contributed by atoms with Crippen molar-refractivity contribution in [2.24, 2.45) is 0 Å². The third-order valence-corrected chi connectivity index (χ3v) is 7.34. The van der Waals surface area contributed by atoms with Crippen LogP contribution in [-0.4, -0.2) is 93.9 Å². The Morgan fingerprint density at radius 1 is 0.867 bits per heavy atom. The zero-order valence-corrected chi connectivity index (χ0v) is 19.0. The lowest BCUT2D eigenvalue weighted by Gasteiger charge is -2.41. The summed E-state index contributed by atoms with van der Waals surface area (Å²) in [5.74, 6) is 1.01. The molecule has 30 heavy (non-hydrogen) atoms. The monoisotopic (exact) mass is 415 g/mol. The zero-order chi connectivity index (χ0) is 20.7. The molecule has 0 spiro atoms. The summed E-state index contributed by atoms with van der Waals surface area (Å²) in [7, 11) is 2.25. The highest BCUT2D eigenvalue weighted by Gasteiger charge is 2.36. The Bertz CT molecular complexity index is 624. The molecule has 0 unspecified atom stereocenters. The zero-order valence-electron chi connectivity index (χ0n) is 19.0. The van der Waals surface area contributed by atoms with Crippen LogP contribution in [0.2, 0.25) is 0 Å². The Balaban J connectivity index is 1.33. The minimum Gasteiger partial charge on any atom is -0.494 e. The molecule has 5 nitrogen and oxygen atoms in total. The van der Waals surface area contributed by atoms with Crippen molar-refractivity contribution < 1.29 is 9.47 Å². The molecule has 3 heterocycles. The fourth-order valence-corrected chi connectivity index (χ4v) is 5.38. The predicted molar refractivity (Wildman–Crippen MR) is 123 cm³/mol. The number of ether oxygens (including phenoxy) is 2. The van der Waals surface area contributed by atoms with Gasteiger partial charge in [0.05, 0.1) is 6.61 Å². The number of likely N-dealkylation sites (tertiary alicyclic amines) is 1. The molecule has 3 fully saturated rings. The average molecular weight is 416 g/mol. The normalized spacial score (nSPS) is 24.0. The fourth-order valence-electron chi connectivity index (χ4n) is 5.38. The van der Waals surface area contributed by atoms with E-state index < -0.39 is 0 Å². The highest BCUT2D eigenvalue weighted by atomic mass is 16.5. The largest absolute Gasteiger partial charge is 0.494 e. The molecule has 0 amide bonds. The van der Waals surface area contributed by atoms with Crippen molar-refractivity contribution in [1.82, 2.24) is 14.7 Å². The van der Waals surface area contributed by atoms with Crippen molar-refractivity contribution in [3.63, 3.8) is 0 Å². The smallest absolute Gasteiger partial charge is 0.119 e. The Hall–Kier alpha value is -1.14. The van der Waals surface area contributed by atoms with E-state index in [1.165, 1.54) is 70.6 Å². The molecule has 0 aliphatic carbocycles. The van der Waals surface area contributed by atoms with Crippen LogP contribution in [0, 0.1) is 0 Å². The molecule has 0 bridgehead atoms. The van der Waals surface area contributed by atoms with E-state index in [1.807, 2.05) is 0 Å². The van der Waals surface area contributed by atoms with Crippen molar-refractivity contribution in [3.05, 3.63) is 29.8 Å².